The maximum Gasteiger partial charge on any atom is 0.0750 e. The van der Waals surface area contributed by atoms with E-state index in [1.54, 1.807) is 0 Å². The Labute approximate surface area is 63.1 Å². The van der Waals surface area contributed by atoms with E-state index in [2.05, 4.69) is 6.58 Å². The van der Waals surface area contributed by atoms with Crippen LogP contribution in [0.25, 0.3) is 0 Å². The second-order valence-electron chi connectivity index (χ2n) is 2.41. The molecule has 0 amide bonds. The minimum absolute atomic E-state index is 0.275. The van der Waals surface area contributed by atoms with E-state index in [1.165, 1.54) is 0 Å². The summed E-state index contributed by atoms with van der Waals surface area (Å²) in [4.78, 5) is 0. The van der Waals surface area contributed by atoms with Crippen molar-refractivity contribution in [3.63, 3.8) is 0 Å². The Hall–Kier alpha value is -0.560. The maximum atomic E-state index is 9.33. The number of aliphatic hydroxyl groups is 1. The molecule has 0 unspecified atom stereocenters. The van der Waals surface area contributed by atoms with E-state index in [0.29, 0.717) is 0 Å². The summed E-state index contributed by atoms with van der Waals surface area (Å²) in [7, 11) is 0. The molecule has 58 valence electrons. The fourth-order valence-corrected chi connectivity index (χ4v) is 0.696. The first-order chi connectivity index (χ1) is 4.72. The molecule has 0 saturated heterocycles. The van der Waals surface area contributed by atoms with Crippen molar-refractivity contribution >= 4 is 0 Å². The van der Waals surface area contributed by atoms with E-state index >= 15 is 0 Å². The number of hydrogen-bond donors (Lipinski definition) is 1. The second-order valence-corrected chi connectivity index (χ2v) is 2.41. The van der Waals surface area contributed by atoms with E-state index in [1.807, 2.05) is 26.0 Å². The predicted octanol–water partition coefficient (Wildman–Crippen LogP) is 2.28. The number of aliphatic hydroxyl groups excluding tert-OH is 1. The molecule has 0 aromatic rings. The number of allylic oxidation sites excluding steroid dienone is 2. The highest BCUT2D eigenvalue weighted by Crippen LogP contribution is 2.07. The van der Waals surface area contributed by atoms with Crippen LogP contribution in [-0.2, 0) is 0 Å². The first-order valence-corrected chi connectivity index (χ1v) is 3.64. The highest BCUT2D eigenvalue weighted by molar-refractivity contribution is 5.02. The van der Waals surface area contributed by atoms with Gasteiger partial charge < -0.3 is 5.11 Å². The normalized spacial score (nSPS) is 14.9. The van der Waals surface area contributed by atoms with Crippen molar-refractivity contribution in [1.29, 1.82) is 0 Å². The molecular formula is C9H16O. The van der Waals surface area contributed by atoms with Crippen molar-refractivity contribution in [1.82, 2.24) is 0 Å². The molecule has 0 rings (SSSR count). The van der Waals surface area contributed by atoms with Gasteiger partial charge in [0.05, 0.1) is 6.10 Å². The third-order valence-corrected chi connectivity index (χ3v) is 1.63. The molecule has 0 fully saturated rings. The molecular weight excluding hydrogens is 124 g/mol. The van der Waals surface area contributed by atoms with Crippen molar-refractivity contribution in [2.45, 2.75) is 32.8 Å². The molecule has 0 spiro atoms. The third-order valence-electron chi connectivity index (χ3n) is 1.63. The predicted molar refractivity (Wildman–Crippen MR) is 44.9 cm³/mol. The van der Waals surface area contributed by atoms with Crippen LogP contribution in [0.5, 0.6) is 0 Å². The summed E-state index contributed by atoms with van der Waals surface area (Å²) < 4.78 is 0. The Kier molecular flexibility index (Phi) is 4.95. The van der Waals surface area contributed by atoms with Crippen LogP contribution in [0, 0.1) is 0 Å². The highest BCUT2D eigenvalue weighted by atomic mass is 16.3. The molecule has 0 aliphatic rings. The topological polar surface area (TPSA) is 20.2 Å². The van der Waals surface area contributed by atoms with Crippen LogP contribution < -0.4 is 0 Å². The van der Waals surface area contributed by atoms with Gasteiger partial charge in [0.25, 0.3) is 0 Å². The monoisotopic (exact) mass is 140 g/mol. The van der Waals surface area contributed by atoms with Gasteiger partial charge in [-0.3, -0.25) is 0 Å². The SMILES string of the molecule is C=CCC[C@H](O)/C(C)=C\C. The fraction of sp³-hybridized carbons (Fsp3) is 0.556. The molecule has 0 bridgehead atoms. The van der Waals surface area contributed by atoms with E-state index in [9.17, 15) is 5.11 Å². The average Bonchev–Trinajstić information content (AvgIpc) is 1.98. The summed E-state index contributed by atoms with van der Waals surface area (Å²) in [6.45, 7) is 7.46. The van der Waals surface area contributed by atoms with Gasteiger partial charge in [0.1, 0.15) is 0 Å². The van der Waals surface area contributed by atoms with Crippen LogP contribution in [0.1, 0.15) is 26.7 Å². The molecule has 10 heavy (non-hydrogen) atoms. The van der Waals surface area contributed by atoms with Crippen molar-refractivity contribution in [2.75, 3.05) is 0 Å². The van der Waals surface area contributed by atoms with Gasteiger partial charge in [0.2, 0.25) is 0 Å². The molecule has 1 atom stereocenters. The molecule has 0 aromatic carbocycles. The highest BCUT2D eigenvalue weighted by Gasteiger charge is 2.02. The fourth-order valence-electron chi connectivity index (χ4n) is 0.696. The molecule has 1 heteroatoms. The van der Waals surface area contributed by atoms with Crippen LogP contribution in [0.15, 0.2) is 24.3 Å². The lowest BCUT2D eigenvalue weighted by Gasteiger charge is -2.08. The van der Waals surface area contributed by atoms with Crippen LogP contribution in [0.3, 0.4) is 0 Å². The molecule has 0 aromatic heterocycles. The zero-order chi connectivity index (χ0) is 7.98. The minimum Gasteiger partial charge on any atom is -0.389 e. The lowest BCUT2D eigenvalue weighted by Crippen LogP contribution is -2.06. The van der Waals surface area contributed by atoms with E-state index in [0.717, 1.165) is 18.4 Å². The van der Waals surface area contributed by atoms with Gasteiger partial charge in [0.15, 0.2) is 0 Å². The zero-order valence-electron chi connectivity index (χ0n) is 6.80. The Balaban J connectivity index is 3.61. The van der Waals surface area contributed by atoms with Crippen LogP contribution >= 0.6 is 0 Å². The van der Waals surface area contributed by atoms with E-state index in [-0.39, 0.29) is 6.10 Å². The van der Waals surface area contributed by atoms with Crippen LogP contribution in [0.2, 0.25) is 0 Å². The molecule has 1 N–H and O–H groups in total. The van der Waals surface area contributed by atoms with Crippen molar-refractivity contribution in [3.8, 4) is 0 Å². The van der Waals surface area contributed by atoms with Gasteiger partial charge in [-0.25, -0.2) is 0 Å². The third kappa shape index (κ3) is 3.46. The van der Waals surface area contributed by atoms with Crippen molar-refractivity contribution in [2.24, 2.45) is 0 Å². The summed E-state index contributed by atoms with van der Waals surface area (Å²) >= 11 is 0. The minimum atomic E-state index is -0.275. The Bertz CT molecular complexity index is 125. The van der Waals surface area contributed by atoms with Gasteiger partial charge in [-0.05, 0) is 32.3 Å². The molecule has 0 aliphatic carbocycles. The molecule has 0 radical (unpaired) electrons. The first-order valence-electron chi connectivity index (χ1n) is 3.64. The molecule has 1 nitrogen and oxygen atoms in total. The smallest absolute Gasteiger partial charge is 0.0750 e. The summed E-state index contributed by atoms with van der Waals surface area (Å²) in [6.07, 6.45) is 5.16. The second kappa shape index (κ2) is 5.24. The summed E-state index contributed by atoms with van der Waals surface area (Å²) in [5, 5.41) is 9.33. The van der Waals surface area contributed by atoms with Gasteiger partial charge in [-0.1, -0.05) is 12.2 Å². The van der Waals surface area contributed by atoms with Crippen LogP contribution in [-0.4, -0.2) is 11.2 Å². The summed E-state index contributed by atoms with van der Waals surface area (Å²) in [6, 6.07) is 0. The largest absolute Gasteiger partial charge is 0.389 e. The Morgan fingerprint density at radius 1 is 1.70 bits per heavy atom. The first kappa shape index (κ1) is 9.44. The maximum absolute atomic E-state index is 9.33. The summed E-state index contributed by atoms with van der Waals surface area (Å²) in [5.41, 5.74) is 1.04. The van der Waals surface area contributed by atoms with Gasteiger partial charge in [-0.2, -0.15) is 0 Å². The zero-order valence-corrected chi connectivity index (χ0v) is 6.80. The molecule has 0 saturated carbocycles. The number of rotatable bonds is 4. The van der Waals surface area contributed by atoms with Gasteiger partial charge in [-0.15, -0.1) is 6.58 Å². The lowest BCUT2D eigenvalue weighted by molar-refractivity contribution is 0.201. The Morgan fingerprint density at radius 3 is 2.70 bits per heavy atom. The molecule has 0 aliphatic heterocycles. The number of hydrogen-bond acceptors (Lipinski definition) is 1. The van der Waals surface area contributed by atoms with Crippen molar-refractivity contribution in [3.05, 3.63) is 24.3 Å². The van der Waals surface area contributed by atoms with Crippen LogP contribution in [0.4, 0.5) is 0 Å². The Morgan fingerprint density at radius 2 is 2.30 bits per heavy atom. The lowest BCUT2D eigenvalue weighted by atomic mass is 10.1. The summed E-state index contributed by atoms with van der Waals surface area (Å²) in [5.74, 6) is 0. The van der Waals surface area contributed by atoms with Gasteiger partial charge in [0, 0.05) is 0 Å². The van der Waals surface area contributed by atoms with Gasteiger partial charge >= 0.3 is 0 Å². The molecule has 0 heterocycles. The average molecular weight is 140 g/mol. The van der Waals surface area contributed by atoms with E-state index in [4.69, 9.17) is 0 Å². The quantitative estimate of drug-likeness (QED) is 0.594. The van der Waals surface area contributed by atoms with Crippen molar-refractivity contribution < 1.29 is 5.11 Å². The van der Waals surface area contributed by atoms with E-state index < -0.39 is 0 Å². The standard InChI is InChI=1S/C9H16O/c1-4-6-7-9(10)8(3)5-2/h4-5,9-10H,1,6-7H2,2-3H3/b8-5-/t9-/m0/s1.